The number of ether oxygens (including phenoxy) is 1. The van der Waals surface area contributed by atoms with Gasteiger partial charge in [0.15, 0.2) is 6.61 Å². The predicted octanol–water partition coefficient (Wildman–Crippen LogP) is 2.24. The summed E-state index contributed by atoms with van der Waals surface area (Å²) in [6.45, 7) is 3.28. The number of nitrogens with two attached hydrogens (primary N) is 1. The standard InChI is InChI=1S/C24H26N4O5/c1-16-8-9-17(2)20(14-16)28-22(30)11-10-19(26-28)24(32)33-15-23(31)27(13-12-21(25)29)18-6-4-3-5-7-18/h3-9,14H,10-13,15H2,1-2H3,(H2,25,29). The average Bonchev–Trinajstić information content (AvgIpc) is 2.80. The number of primary amides is 1. The lowest BCUT2D eigenvalue weighted by atomic mass is 10.1. The Morgan fingerprint density at radius 1 is 1.09 bits per heavy atom. The SMILES string of the molecule is Cc1ccc(C)c(N2N=C(C(=O)OCC(=O)N(CCC(N)=O)c3ccccc3)CCC2=O)c1. The van der Waals surface area contributed by atoms with E-state index < -0.39 is 24.4 Å². The van der Waals surface area contributed by atoms with Crippen molar-refractivity contribution in [1.29, 1.82) is 0 Å². The van der Waals surface area contributed by atoms with Crippen LogP contribution in [0.15, 0.2) is 53.6 Å². The Balaban J connectivity index is 1.71. The first-order valence-electron chi connectivity index (χ1n) is 10.5. The summed E-state index contributed by atoms with van der Waals surface area (Å²) < 4.78 is 5.21. The van der Waals surface area contributed by atoms with Crippen LogP contribution in [0, 0.1) is 13.8 Å². The van der Waals surface area contributed by atoms with Crippen molar-refractivity contribution >= 4 is 40.8 Å². The van der Waals surface area contributed by atoms with E-state index >= 15 is 0 Å². The molecule has 0 atom stereocenters. The molecule has 0 saturated carbocycles. The molecule has 3 rings (SSSR count). The summed E-state index contributed by atoms with van der Waals surface area (Å²) in [5, 5.41) is 5.43. The molecule has 2 aromatic rings. The van der Waals surface area contributed by atoms with Crippen molar-refractivity contribution in [3.05, 3.63) is 59.7 Å². The number of aryl methyl sites for hydroxylation is 2. The Hall–Kier alpha value is -4.01. The van der Waals surface area contributed by atoms with Gasteiger partial charge >= 0.3 is 5.97 Å². The fourth-order valence-corrected chi connectivity index (χ4v) is 3.35. The topological polar surface area (TPSA) is 122 Å². The summed E-state index contributed by atoms with van der Waals surface area (Å²) in [5.41, 5.74) is 8.24. The van der Waals surface area contributed by atoms with E-state index in [0.29, 0.717) is 11.4 Å². The highest BCUT2D eigenvalue weighted by molar-refractivity contribution is 6.38. The van der Waals surface area contributed by atoms with Crippen molar-refractivity contribution < 1.29 is 23.9 Å². The number of hydrogen-bond donors (Lipinski definition) is 1. The molecule has 0 saturated heterocycles. The Labute approximate surface area is 191 Å². The number of hydrazone groups is 1. The summed E-state index contributed by atoms with van der Waals surface area (Å²) in [6, 6.07) is 14.3. The van der Waals surface area contributed by atoms with Crippen LogP contribution in [0.1, 0.15) is 30.4 Å². The minimum absolute atomic E-state index is 0.0335. The number of nitrogens with zero attached hydrogens (tertiary/aromatic N) is 3. The lowest BCUT2D eigenvalue weighted by Gasteiger charge is -2.25. The summed E-state index contributed by atoms with van der Waals surface area (Å²) in [5.74, 6) is -2.05. The van der Waals surface area contributed by atoms with E-state index in [-0.39, 0.29) is 37.4 Å². The van der Waals surface area contributed by atoms with E-state index in [1.165, 1.54) is 9.91 Å². The van der Waals surface area contributed by atoms with Crippen LogP contribution in [0.3, 0.4) is 0 Å². The van der Waals surface area contributed by atoms with Gasteiger partial charge in [-0.3, -0.25) is 14.4 Å². The summed E-state index contributed by atoms with van der Waals surface area (Å²) in [4.78, 5) is 50.4. The van der Waals surface area contributed by atoms with Crippen LogP contribution in [-0.2, 0) is 23.9 Å². The molecule has 172 valence electrons. The van der Waals surface area contributed by atoms with Crippen molar-refractivity contribution in [3.63, 3.8) is 0 Å². The Bertz CT molecular complexity index is 1100. The van der Waals surface area contributed by atoms with Gasteiger partial charge in [-0.25, -0.2) is 4.79 Å². The van der Waals surface area contributed by atoms with Crippen molar-refractivity contribution in [2.45, 2.75) is 33.1 Å². The molecule has 0 unspecified atom stereocenters. The van der Waals surface area contributed by atoms with Gasteiger partial charge in [-0.2, -0.15) is 10.1 Å². The molecule has 3 amide bonds. The number of carbonyl (C=O) groups excluding carboxylic acids is 4. The van der Waals surface area contributed by atoms with E-state index in [1.54, 1.807) is 30.3 Å². The quantitative estimate of drug-likeness (QED) is 0.618. The molecule has 2 aromatic carbocycles. The smallest absolute Gasteiger partial charge is 0.355 e. The number of carbonyl (C=O) groups is 4. The van der Waals surface area contributed by atoms with Crippen LogP contribution in [0.25, 0.3) is 0 Å². The fraction of sp³-hybridized carbons (Fsp3) is 0.292. The second-order valence-electron chi connectivity index (χ2n) is 7.72. The van der Waals surface area contributed by atoms with Gasteiger partial charge < -0.3 is 15.4 Å². The second kappa shape index (κ2) is 10.5. The highest BCUT2D eigenvalue weighted by atomic mass is 16.5. The van der Waals surface area contributed by atoms with Gasteiger partial charge in [0.2, 0.25) is 11.8 Å². The average molecular weight is 450 g/mol. The molecule has 2 N–H and O–H groups in total. The van der Waals surface area contributed by atoms with Crippen LogP contribution in [0.4, 0.5) is 11.4 Å². The predicted molar refractivity (Wildman–Crippen MR) is 124 cm³/mol. The summed E-state index contributed by atoms with van der Waals surface area (Å²) in [6.07, 6.45) is 0.190. The molecular formula is C24H26N4O5. The third kappa shape index (κ3) is 6.03. The number of rotatable bonds is 8. The lowest BCUT2D eigenvalue weighted by Crippen LogP contribution is -2.39. The highest BCUT2D eigenvalue weighted by Crippen LogP contribution is 2.25. The molecular weight excluding hydrogens is 424 g/mol. The number of hydrogen-bond acceptors (Lipinski definition) is 6. The number of amides is 3. The van der Waals surface area contributed by atoms with Gasteiger partial charge in [-0.05, 0) is 43.2 Å². The van der Waals surface area contributed by atoms with E-state index in [4.69, 9.17) is 10.5 Å². The van der Waals surface area contributed by atoms with Gasteiger partial charge in [-0.15, -0.1) is 0 Å². The van der Waals surface area contributed by atoms with Crippen LogP contribution in [0.5, 0.6) is 0 Å². The van der Waals surface area contributed by atoms with Crippen molar-refractivity contribution in [3.8, 4) is 0 Å². The number of anilines is 2. The van der Waals surface area contributed by atoms with Crippen molar-refractivity contribution in [2.24, 2.45) is 10.8 Å². The molecule has 1 aliphatic heterocycles. The van der Waals surface area contributed by atoms with Gasteiger partial charge in [0.05, 0.1) is 5.69 Å². The van der Waals surface area contributed by atoms with Gasteiger partial charge in [0.1, 0.15) is 5.71 Å². The third-order valence-corrected chi connectivity index (χ3v) is 5.14. The first-order valence-corrected chi connectivity index (χ1v) is 10.5. The minimum atomic E-state index is -0.769. The van der Waals surface area contributed by atoms with Gasteiger partial charge in [0, 0.05) is 31.5 Å². The fourth-order valence-electron chi connectivity index (χ4n) is 3.35. The zero-order valence-electron chi connectivity index (χ0n) is 18.6. The largest absolute Gasteiger partial charge is 0.451 e. The minimum Gasteiger partial charge on any atom is -0.451 e. The number of benzene rings is 2. The number of para-hydroxylation sites is 1. The third-order valence-electron chi connectivity index (χ3n) is 5.14. The van der Waals surface area contributed by atoms with Crippen LogP contribution in [-0.4, -0.2) is 42.6 Å². The lowest BCUT2D eigenvalue weighted by molar-refractivity contribution is -0.141. The van der Waals surface area contributed by atoms with Crippen LogP contribution >= 0.6 is 0 Å². The maximum absolute atomic E-state index is 12.8. The molecule has 0 radical (unpaired) electrons. The Morgan fingerprint density at radius 3 is 2.52 bits per heavy atom. The van der Waals surface area contributed by atoms with Gasteiger partial charge in [-0.1, -0.05) is 30.3 Å². The number of esters is 1. The normalized spacial score (nSPS) is 13.3. The van der Waals surface area contributed by atoms with Crippen molar-refractivity contribution in [2.75, 3.05) is 23.1 Å². The molecule has 0 aliphatic carbocycles. The maximum atomic E-state index is 12.8. The monoisotopic (exact) mass is 450 g/mol. The molecule has 33 heavy (non-hydrogen) atoms. The molecule has 0 aromatic heterocycles. The molecule has 1 heterocycles. The van der Waals surface area contributed by atoms with E-state index in [2.05, 4.69) is 5.10 Å². The maximum Gasteiger partial charge on any atom is 0.355 e. The van der Waals surface area contributed by atoms with E-state index in [9.17, 15) is 19.2 Å². The van der Waals surface area contributed by atoms with E-state index in [0.717, 1.165) is 11.1 Å². The van der Waals surface area contributed by atoms with Crippen molar-refractivity contribution in [1.82, 2.24) is 0 Å². The molecule has 0 fully saturated rings. The molecule has 0 spiro atoms. The second-order valence-corrected chi connectivity index (χ2v) is 7.72. The highest BCUT2D eigenvalue weighted by Gasteiger charge is 2.28. The Morgan fingerprint density at radius 2 is 1.82 bits per heavy atom. The summed E-state index contributed by atoms with van der Waals surface area (Å²) in [7, 11) is 0. The molecule has 9 nitrogen and oxygen atoms in total. The van der Waals surface area contributed by atoms with Crippen LogP contribution < -0.4 is 15.6 Å². The zero-order valence-corrected chi connectivity index (χ0v) is 18.6. The zero-order chi connectivity index (χ0) is 24.0. The van der Waals surface area contributed by atoms with Gasteiger partial charge in [0.25, 0.3) is 5.91 Å². The van der Waals surface area contributed by atoms with E-state index in [1.807, 2.05) is 32.0 Å². The summed E-state index contributed by atoms with van der Waals surface area (Å²) >= 11 is 0. The first-order chi connectivity index (χ1) is 15.8. The molecule has 0 bridgehead atoms. The first kappa shape index (κ1) is 23.6. The Kier molecular flexibility index (Phi) is 7.55. The molecule has 1 aliphatic rings. The van der Waals surface area contributed by atoms with Crippen LogP contribution in [0.2, 0.25) is 0 Å². The molecule has 9 heteroatoms.